The molecule has 21 heavy (non-hydrogen) atoms. The van der Waals surface area contributed by atoms with Crippen molar-refractivity contribution in [1.29, 1.82) is 0 Å². The molecule has 1 rings (SSSR count). The van der Waals surface area contributed by atoms with Gasteiger partial charge in [-0.1, -0.05) is 30.3 Å². The zero-order chi connectivity index (χ0) is 15.7. The highest BCUT2D eigenvalue weighted by Gasteiger charge is 2.14. The molecule has 112 valence electrons. The molecule has 0 saturated carbocycles. The maximum Gasteiger partial charge on any atom is 0.331 e. The van der Waals surface area contributed by atoms with Crippen molar-refractivity contribution in [3.05, 3.63) is 48.0 Å². The number of esters is 2. The molecule has 0 saturated heterocycles. The normalized spacial score (nSPS) is 11.7. The molecule has 0 aromatic heterocycles. The first-order chi connectivity index (χ1) is 10.0. The number of primary amides is 1. The molecule has 0 unspecified atom stereocenters. The first-order valence-corrected chi connectivity index (χ1v) is 6.06. The molecule has 1 aromatic carbocycles. The monoisotopic (exact) mass is 292 g/mol. The molecule has 0 radical (unpaired) electrons. The third-order valence-electron chi connectivity index (χ3n) is 2.47. The van der Waals surface area contributed by atoms with Crippen LogP contribution >= 0.6 is 0 Å². The van der Waals surface area contributed by atoms with E-state index >= 15 is 0 Å². The summed E-state index contributed by atoms with van der Waals surface area (Å²) in [6.45, 7) is -0.114. The molecular weight excluding hydrogens is 276 g/mol. The summed E-state index contributed by atoms with van der Waals surface area (Å²) < 4.78 is 9.29. The predicted molar refractivity (Wildman–Crippen MR) is 74.0 cm³/mol. The molecule has 1 atom stereocenters. The minimum atomic E-state index is -0.731. The number of amides is 2. The molecule has 0 heterocycles. The van der Waals surface area contributed by atoms with E-state index in [0.29, 0.717) is 0 Å². The summed E-state index contributed by atoms with van der Waals surface area (Å²) in [5.41, 5.74) is 5.82. The van der Waals surface area contributed by atoms with Crippen molar-refractivity contribution < 1.29 is 23.9 Å². The number of urea groups is 1. The number of ether oxygens (including phenoxy) is 2. The van der Waals surface area contributed by atoms with Gasteiger partial charge in [0.05, 0.1) is 13.2 Å². The first-order valence-electron chi connectivity index (χ1n) is 6.06. The third kappa shape index (κ3) is 6.24. The van der Waals surface area contributed by atoms with Crippen LogP contribution in [0, 0.1) is 0 Å². The second kappa shape index (κ2) is 8.36. The van der Waals surface area contributed by atoms with Gasteiger partial charge in [-0.25, -0.2) is 14.4 Å². The van der Waals surface area contributed by atoms with Gasteiger partial charge in [0, 0.05) is 12.2 Å². The first kappa shape index (κ1) is 16.2. The summed E-state index contributed by atoms with van der Waals surface area (Å²) in [6, 6.07) is 7.60. The van der Waals surface area contributed by atoms with Crippen molar-refractivity contribution in [2.45, 2.75) is 6.04 Å². The van der Waals surface area contributed by atoms with Crippen LogP contribution in [-0.4, -0.2) is 31.7 Å². The summed E-state index contributed by atoms with van der Waals surface area (Å²) in [4.78, 5) is 33.2. The van der Waals surface area contributed by atoms with E-state index in [-0.39, 0.29) is 6.61 Å². The van der Waals surface area contributed by atoms with Gasteiger partial charge in [0.1, 0.15) is 6.61 Å². The topological polar surface area (TPSA) is 108 Å². The van der Waals surface area contributed by atoms with Gasteiger partial charge in [0.15, 0.2) is 0 Å². The quantitative estimate of drug-likeness (QED) is 0.592. The summed E-state index contributed by atoms with van der Waals surface area (Å²) in [5.74, 6) is -1.39. The smallest absolute Gasteiger partial charge is 0.331 e. The fourth-order valence-corrected chi connectivity index (χ4v) is 1.50. The third-order valence-corrected chi connectivity index (χ3v) is 2.47. The maximum atomic E-state index is 11.4. The van der Waals surface area contributed by atoms with Gasteiger partial charge < -0.3 is 20.5 Å². The summed E-state index contributed by atoms with van der Waals surface area (Å²) >= 11 is 0. The fraction of sp³-hybridized carbons (Fsp3) is 0.214. The van der Waals surface area contributed by atoms with Crippen LogP contribution in [0.25, 0.3) is 0 Å². The molecular formula is C14H16N2O5. The van der Waals surface area contributed by atoms with Gasteiger partial charge in [-0.3, -0.25) is 0 Å². The molecule has 0 aliphatic rings. The van der Waals surface area contributed by atoms with Crippen LogP contribution < -0.4 is 11.1 Å². The number of nitrogens with two attached hydrogens (primary N) is 1. The van der Waals surface area contributed by atoms with Crippen LogP contribution in [-0.2, 0) is 19.1 Å². The lowest BCUT2D eigenvalue weighted by Gasteiger charge is -2.17. The summed E-state index contributed by atoms with van der Waals surface area (Å²) in [5, 5.41) is 2.47. The highest BCUT2D eigenvalue weighted by molar-refractivity contribution is 5.91. The lowest BCUT2D eigenvalue weighted by molar-refractivity contribution is -0.139. The zero-order valence-electron chi connectivity index (χ0n) is 11.4. The van der Waals surface area contributed by atoms with E-state index in [4.69, 9.17) is 10.5 Å². The van der Waals surface area contributed by atoms with Crippen molar-refractivity contribution in [3.8, 4) is 0 Å². The lowest BCUT2D eigenvalue weighted by atomic mass is 10.1. The number of hydrogen-bond donors (Lipinski definition) is 2. The van der Waals surface area contributed by atoms with Crippen LogP contribution in [0.4, 0.5) is 4.79 Å². The van der Waals surface area contributed by atoms with Gasteiger partial charge >= 0.3 is 18.0 Å². The largest absolute Gasteiger partial charge is 0.466 e. The molecule has 0 fully saturated rings. The molecule has 1 aromatic rings. The van der Waals surface area contributed by atoms with E-state index in [2.05, 4.69) is 10.1 Å². The SMILES string of the molecule is COC(=O)/C=C/C(=O)OC[C@@H](NC(N)=O)c1ccccc1. The molecule has 0 aliphatic heterocycles. The second-order valence-electron chi connectivity index (χ2n) is 3.96. The van der Waals surface area contributed by atoms with E-state index in [0.717, 1.165) is 17.7 Å². The number of benzene rings is 1. The van der Waals surface area contributed by atoms with Crippen molar-refractivity contribution >= 4 is 18.0 Å². The van der Waals surface area contributed by atoms with Gasteiger partial charge in [0.2, 0.25) is 0 Å². The Hall–Kier alpha value is -2.83. The number of carbonyl (C=O) groups excluding carboxylic acids is 3. The Labute approximate surface area is 121 Å². The molecule has 0 bridgehead atoms. The maximum absolute atomic E-state index is 11.4. The Morgan fingerprint density at radius 2 is 1.81 bits per heavy atom. The standard InChI is InChI=1S/C14H16N2O5/c1-20-12(17)7-8-13(18)21-9-11(16-14(15)19)10-5-3-2-4-6-10/h2-8,11H,9H2,1H3,(H3,15,16,19)/b8-7+/t11-/m1/s1. The fourth-order valence-electron chi connectivity index (χ4n) is 1.50. The van der Waals surface area contributed by atoms with Crippen molar-refractivity contribution in [2.75, 3.05) is 13.7 Å². The molecule has 7 nitrogen and oxygen atoms in total. The Morgan fingerprint density at radius 3 is 2.38 bits per heavy atom. The number of hydrogen-bond acceptors (Lipinski definition) is 5. The molecule has 3 N–H and O–H groups in total. The van der Waals surface area contributed by atoms with Crippen LogP contribution in [0.1, 0.15) is 11.6 Å². The van der Waals surface area contributed by atoms with Gasteiger partial charge in [0.25, 0.3) is 0 Å². The average Bonchev–Trinajstić information content (AvgIpc) is 2.49. The van der Waals surface area contributed by atoms with Gasteiger partial charge in [-0.05, 0) is 5.56 Å². The Kier molecular flexibility index (Phi) is 6.46. The van der Waals surface area contributed by atoms with Crippen molar-refractivity contribution in [1.82, 2.24) is 5.32 Å². The van der Waals surface area contributed by atoms with Crippen LogP contribution in [0.3, 0.4) is 0 Å². The van der Waals surface area contributed by atoms with E-state index in [1.165, 1.54) is 7.11 Å². The van der Waals surface area contributed by atoms with E-state index < -0.39 is 24.0 Å². The minimum absolute atomic E-state index is 0.114. The van der Waals surface area contributed by atoms with E-state index in [9.17, 15) is 14.4 Å². The zero-order valence-corrected chi connectivity index (χ0v) is 11.4. The van der Waals surface area contributed by atoms with Crippen molar-refractivity contribution in [3.63, 3.8) is 0 Å². The highest BCUT2D eigenvalue weighted by atomic mass is 16.5. The van der Waals surface area contributed by atoms with Crippen LogP contribution in [0.5, 0.6) is 0 Å². The Bertz CT molecular complexity index is 527. The number of nitrogens with one attached hydrogen (secondary N) is 1. The molecule has 0 spiro atoms. The Balaban J connectivity index is 2.62. The number of carbonyl (C=O) groups is 3. The average molecular weight is 292 g/mol. The summed E-state index contributed by atoms with van der Waals surface area (Å²) in [6.07, 6.45) is 1.89. The lowest BCUT2D eigenvalue weighted by Crippen LogP contribution is -2.35. The number of methoxy groups -OCH3 is 1. The second-order valence-corrected chi connectivity index (χ2v) is 3.96. The van der Waals surface area contributed by atoms with E-state index in [1.807, 2.05) is 6.07 Å². The minimum Gasteiger partial charge on any atom is -0.466 e. The predicted octanol–water partition coefficient (Wildman–Crippen LogP) is 0.668. The molecule has 7 heteroatoms. The van der Waals surface area contributed by atoms with Crippen LogP contribution in [0.15, 0.2) is 42.5 Å². The van der Waals surface area contributed by atoms with Crippen molar-refractivity contribution in [2.24, 2.45) is 5.73 Å². The molecule has 2 amide bonds. The highest BCUT2D eigenvalue weighted by Crippen LogP contribution is 2.12. The van der Waals surface area contributed by atoms with Gasteiger partial charge in [-0.15, -0.1) is 0 Å². The number of rotatable bonds is 6. The van der Waals surface area contributed by atoms with Gasteiger partial charge in [-0.2, -0.15) is 0 Å². The van der Waals surface area contributed by atoms with E-state index in [1.54, 1.807) is 24.3 Å². The van der Waals surface area contributed by atoms with Crippen LogP contribution in [0.2, 0.25) is 0 Å². The molecule has 0 aliphatic carbocycles. The Morgan fingerprint density at radius 1 is 1.19 bits per heavy atom. The summed E-state index contributed by atoms with van der Waals surface area (Å²) in [7, 11) is 1.19.